The Balaban J connectivity index is 2.43. The van der Waals surface area contributed by atoms with E-state index in [4.69, 9.17) is 0 Å². The van der Waals surface area contributed by atoms with Gasteiger partial charge in [-0.3, -0.25) is 19.2 Å². The third-order valence-corrected chi connectivity index (χ3v) is 2.93. The number of hydrogen-bond donors (Lipinski definition) is 0. The SMILES string of the molecule is O=C1CCC2(CCC(=O)C2=O)C1=O. The summed E-state index contributed by atoms with van der Waals surface area (Å²) in [6.07, 6.45) is 0.736. The minimum atomic E-state index is -1.23. The topological polar surface area (TPSA) is 68.3 Å². The molecule has 0 atom stereocenters. The monoisotopic (exact) mass is 180 g/mol. The number of Topliss-reactive ketones (excluding diaryl/α,β-unsaturated/α-hetero) is 4. The zero-order valence-electron chi connectivity index (χ0n) is 6.96. The molecule has 2 rings (SSSR count). The van der Waals surface area contributed by atoms with Gasteiger partial charge in [0.05, 0.1) is 0 Å². The van der Waals surface area contributed by atoms with Gasteiger partial charge in [0.1, 0.15) is 5.41 Å². The zero-order valence-corrected chi connectivity index (χ0v) is 6.96. The lowest BCUT2D eigenvalue weighted by Crippen LogP contribution is -2.34. The van der Waals surface area contributed by atoms with E-state index >= 15 is 0 Å². The van der Waals surface area contributed by atoms with Crippen molar-refractivity contribution in [2.45, 2.75) is 25.7 Å². The normalized spacial score (nSPS) is 26.5. The maximum absolute atomic E-state index is 11.4. The highest BCUT2D eigenvalue weighted by molar-refractivity contribution is 6.55. The molecule has 0 aliphatic heterocycles. The Morgan fingerprint density at radius 1 is 0.769 bits per heavy atom. The van der Waals surface area contributed by atoms with E-state index in [1.165, 1.54) is 0 Å². The Labute approximate surface area is 74.3 Å². The average molecular weight is 180 g/mol. The first kappa shape index (κ1) is 8.29. The average Bonchev–Trinajstić information content (AvgIpc) is 2.55. The molecule has 4 nitrogen and oxygen atoms in total. The van der Waals surface area contributed by atoms with Gasteiger partial charge in [-0.1, -0.05) is 0 Å². The molecule has 0 saturated heterocycles. The van der Waals surface area contributed by atoms with E-state index in [0.717, 1.165) is 0 Å². The van der Waals surface area contributed by atoms with Crippen LogP contribution in [0.2, 0.25) is 0 Å². The van der Waals surface area contributed by atoms with Crippen LogP contribution in [0.3, 0.4) is 0 Å². The molecule has 4 heteroatoms. The van der Waals surface area contributed by atoms with E-state index in [2.05, 4.69) is 0 Å². The van der Waals surface area contributed by atoms with Crippen LogP contribution >= 0.6 is 0 Å². The standard InChI is InChI=1S/C9H8O4/c10-5-1-3-9(7(5)12)4-2-6(11)8(9)13/h1-4H2. The molecular formula is C9H8O4. The fraction of sp³-hybridized carbons (Fsp3) is 0.556. The van der Waals surface area contributed by atoms with Gasteiger partial charge in [0, 0.05) is 12.8 Å². The lowest BCUT2D eigenvalue weighted by molar-refractivity contribution is -0.145. The molecule has 2 saturated carbocycles. The lowest BCUT2D eigenvalue weighted by atomic mass is 9.82. The number of ketones is 4. The highest BCUT2D eigenvalue weighted by atomic mass is 16.2. The van der Waals surface area contributed by atoms with Crippen LogP contribution < -0.4 is 0 Å². The van der Waals surface area contributed by atoms with Crippen molar-refractivity contribution in [3.05, 3.63) is 0 Å². The maximum atomic E-state index is 11.4. The molecule has 0 radical (unpaired) electrons. The Morgan fingerprint density at radius 3 is 1.38 bits per heavy atom. The van der Waals surface area contributed by atoms with E-state index < -0.39 is 28.5 Å². The van der Waals surface area contributed by atoms with Crippen molar-refractivity contribution >= 4 is 23.1 Å². The minimum absolute atomic E-state index is 0.123. The maximum Gasteiger partial charge on any atom is 0.212 e. The zero-order chi connectivity index (χ0) is 9.64. The van der Waals surface area contributed by atoms with E-state index in [1.807, 2.05) is 0 Å². The third kappa shape index (κ3) is 0.855. The van der Waals surface area contributed by atoms with Gasteiger partial charge in [0.2, 0.25) is 11.6 Å². The molecule has 2 fully saturated rings. The fourth-order valence-corrected chi connectivity index (χ4v) is 2.10. The molecule has 0 unspecified atom stereocenters. The van der Waals surface area contributed by atoms with Crippen LogP contribution in [-0.2, 0) is 19.2 Å². The summed E-state index contributed by atoms with van der Waals surface area (Å²) in [7, 11) is 0. The van der Waals surface area contributed by atoms with E-state index in [9.17, 15) is 19.2 Å². The van der Waals surface area contributed by atoms with E-state index in [-0.39, 0.29) is 25.7 Å². The number of carbonyl (C=O) groups excluding carboxylic acids is 4. The van der Waals surface area contributed by atoms with Crippen molar-refractivity contribution in [2.24, 2.45) is 5.41 Å². The second-order valence-electron chi connectivity index (χ2n) is 3.59. The summed E-state index contributed by atoms with van der Waals surface area (Å²) >= 11 is 0. The van der Waals surface area contributed by atoms with Crippen molar-refractivity contribution in [3.63, 3.8) is 0 Å². The second kappa shape index (κ2) is 2.34. The summed E-state index contributed by atoms with van der Waals surface area (Å²) < 4.78 is 0. The molecule has 13 heavy (non-hydrogen) atoms. The summed E-state index contributed by atoms with van der Waals surface area (Å²) in [5, 5.41) is 0. The predicted molar refractivity (Wildman–Crippen MR) is 40.9 cm³/mol. The van der Waals surface area contributed by atoms with Crippen LogP contribution in [-0.4, -0.2) is 23.1 Å². The van der Waals surface area contributed by atoms with Crippen LogP contribution in [0.5, 0.6) is 0 Å². The van der Waals surface area contributed by atoms with Crippen LogP contribution in [0.1, 0.15) is 25.7 Å². The summed E-state index contributed by atoms with van der Waals surface area (Å²) in [6, 6.07) is 0. The first-order chi connectivity index (χ1) is 6.08. The molecule has 68 valence electrons. The fourth-order valence-electron chi connectivity index (χ4n) is 2.10. The third-order valence-electron chi connectivity index (χ3n) is 2.93. The van der Waals surface area contributed by atoms with Gasteiger partial charge in [-0.15, -0.1) is 0 Å². The Morgan fingerprint density at radius 2 is 1.15 bits per heavy atom. The smallest absolute Gasteiger partial charge is 0.212 e. The Bertz CT molecular complexity index is 306. The first-order valence-electron chi connectivity index (χ1n) is 4.23. The van der Waals surface area contributed by atoms with Crippen molar-refractivity contribution in [3.8, 4) is 0 Å². The summed E-state index contributed by atoms with van der Waals surface area (Å²) in [4.78, 5) is 44.7. The van der Waals surface area contributed by atoms with Gasteiger partial charge in [-0.2, -0.15) is 0 Å². The summed E-state index contributed by atoms with van der Waals surface area (Å²) in [5.74, 6) is -2.27. The van der Waals surface area contributed by atoms with Crippen LogP contribution in [0, 0.1) is 5.41 Å². The molecule has 1 spiro atoms. The Kier molecular flexibility index (Phi) is 1.49. The molecule has 0 aromatic heterocycles. The molecule has 0 bridgehead atoms. The lowest BCUT2D eigenvalue weighted by Gasteiger charge is -2.14. The summed E-state index contributed by atoms with van der Waals surface area (Å²) in [5.41, 5.74) is -1.23. The molecule has 2 aliphatic carbocycles. The molecular weight excluding hydrogens is 172 g/mol. The van der Waals surface area contributed by atoms with E-state index in [1.54, 1.807) is 0 Å². The highest BCUT2D eigenvalue weighted by Gasteiger charge is 2.57. The van der Waals surface area contributed by atoms with Gasteiger partial charge in [-0.05, 0) is 12.8 Å². The van der Waals surface area contributed by atoms with Gasteiger partial charge in [-0.25, -0.2) is 0 Å². The second-order valence-corrected chi connectivity index (χ2v) is 3.59. The molecule has 0 N–H and O–H groups in total. The molecule has 2 aliphatic rings. The summed E-state index contributed by atoms with van der Waals surface area (Å²) in [6.45, 7) is 0. The number of rotatable bonds is 0. The largest absolute Gasteiger partial charge is 0.291 e. The molecule has 0 amide bonds. The molecule has 0 aromatic rings. The van der Waals surface area contributed by atoms with Crippen LogP contribution in [0.4, 0.5) is 0 Å². The van der Waals surface area contributed by atoms with Crippen molar-refractivity contribution < 1.29 is 19.2 Å². The van der Waals surface area contributed by atoms with Crippen molar-refractivity contribution in [1.82, 2.24) is 0 Å². The van der Waals surface area contributed by atoms with Gasteiger partial charge in [0.25, 0.3) is 0 Å². The predicted octanol–water partition coefficient (Wildman–Crippen LogP) is -0.163. The minimum Gasteiger partial charge on any atom is -0.291 e. The molecule has 0 aromatic carbocycles. The van der Waals surface area contributed by atoms with Crippen LogP contribution in [0.25, 0.3) is 0 Å². The number of hydrogen-bond acceptors (Lipinski definition) is 4. The van der Waals surface area contributed by atoms with Gasteiger partial charge < -0.3 is 0 Å². The quantitative estimate of drug-likeness (QED) is 0.383. The molecule has 0 heterocycles. The van der Waals surface area contributed by atoms with Crippen LogP contribution in [0.15, 0.2) is 0 Å². The highest BCUT2D eigenvalue weighted by Crippen LogP contribution is 2.42. The Hall–Kier alpha value is -1.32. The first-order valence-corrected chi connectivity index (χ1v) is 4.23. The van der Waals surface area contributed by atoms with Crippen molar-refractivity contribution in [2.75, 3.05) is 0 Å². The van der Waals surface area contributed by atoms with Crippen molar-refractivity contribution in [1.29, 1.82) is 0 Å². The van der Waals surface area contributed by atoms with Gasteiger partial charge in [0.15, 0.2) is 11.6 Å². The van der Waals surface area contributed by atoms with Gasteiger partial charge >= 0.3 is 0 Å². The number of carbonyl (C=O) groups is 4. The van der Waals surface area contributed by atoms with E-state index in [0.29, 0.717) is 0 Å².